The molecule has 5 nitrogen and oxygen atoms in total. The van der Waals surface area contributed by atoms with Crippen LogP contribution in [0.15, 0.2) is 23.6 Å². The lowest BCUT2D eigenvalue weighted by molar-refractivity contribution is -0.123. The van der Waals surface area contributed by atoms with E-state index in [4.69, 9.17) is 0 Å². The first-order valence-corrected chi connectivity index (χ1v) is 8.69. The summed E-state index contributed by atoms with van der Waals surface area (Å²) in [5, 5.41) is 21.7. The standard InChI is InChI=1S/C17H20N2O3S/c1-19(16(22)11-5-3-2-4-6-11)17-18-14(10-23-17)13-8-7-12(20)9-15(13)21/h7-11,20-21H,2-6H2,1H3. The van der Waals surface area contributed by atoms with Crippen LogP contribution >= 0.6 is 11.3 Å². The number of aromatic nitrogens is 1. The molecule has 0 saturated heterocycles. The molecule has 1 aliphatic carbocycles. The Balaban J connectivity index is 1.79. The molecule has 23 heavy (non-hydrogen) atoms. The number of rotatable bonds is 3. The van der Waals surface area contributed by atoms with E-state index in [1.165, 1.54) is 29.9 Å². The van der Waals surface area contributed by atoms with Crippen molar-refractivity contribution < 1.29 is 15.0 Å². The van der Waals surface area contributed by atoms with Gasteiger partial charge in [0.1, 0.15) is 11.5 Å². The second-order valence-electron chi connectivity index (χ2n) is 5.95. The SMILES string of the molecule is CN(C(=O)C1CCCCC1)c1nc(-c2ccc(O)cc2O)cs1. The number of aromatic hydroxyl groups is 2. The predicted molar refractivity (Wildman–Crippen MR) is 90.9 cm³/mol. The lowest BCUT2D eigenvalue weighted by Crippen LogP contribution is -2.33. The molecule has 0 unspecified atom stereocenters. The first kappa shape index (κ1) is 15.8. The fraction of sp³-hybridized carbons (Fsp3) is 0.412. The molecular formula is C17H20N2O3S. The Kier molecular flexibility index (Phi) is 4.52. The van der Waals surface area contributed by atoms with Crippen molar-refractivity contribution in [3.63, 3.8) is 0 Å². The van der Waals surface area contributed by atoms with Gasteiger partial charge in [-0.25, -0.2) is 4.98 Å². The number of benzene rings is 1. The van der Waals surface area contributed by atoms with Crippen molar-refractivity contribution in [1.82, 2.24) is 4.98 Å². The summed E-state index contributed by atoms with van der Waals surface area (Å²) in [6.07, 6.45) is 5.37. The van der Waals surface area contributed by atoms with Gasteiger partial charge in [-0.1, -0.05) is 19.3 Å². The van der Waals surface area contributed by atoms with Crippen LogP contribution in [0.1, 0.15) is 32.1 Å². The number of amides is 1. The van der Waals surface area contributed by atoms with Crippen LogP contribution < -0.4 is 4.90 Å². The van der Waals surface area contributed by atoms with Gasteiger partial charge in [0.2, 0.25) is 5.91 Å². The zero-order chi connectivity index (χ0) is 16.4. The van der Waals surface area contributed by atoms with Crippen molar-refractivity contribution in [3.8, 4) is 22.8 Å². The summed E-state index contributed by atoms with van der Waals surface area (Å²) in [5.74, 6) is 0.207. The Hall–Kier alpha value is -2.08. The lowest BCUT2D eigenvalue weighted by Gasteiger charge is -2.24. The van der Waals surface area contributed by atoms with Gasteiger partial charge in [-0.05, 0) is 25.0 Å². The molecule has 1 saturated carbocycles. The minimum Gasteiger partial charge on any atom is -0.508 e. The second-order valence-corrected chi connectivity index (χ2v) is 6.79. The highest BCUT2D eigenvalue weighted by molar-refractivity contribution is 7.14. The van der Waals surface area contributed by atoms with E-state index in [1.807, 2.05) is 5.38 Å². The van der Waals surface area contributed by atoms with E-state index in [1.54, 1.807) is 18.0 Å². The van der Waals surface area contributed by atoms with E-state index in [0.29, 0.717) is 16.4 Å². The number of hydrogen-bond acceptors (Lipinski definition) is 5. The molecule has 122 valence electrons. The third kappa shape index (κ3) is 3.32. The third-order valence-corrected chi connectivity index (χ3v) is 5.24. The Morgan fingerprint density at radius 1 is 1.26 bits per heavy atom. The monoisotopic (exact) mass is 332 g/mol. The summed E-state index contributed by atoms with van der Waals surface area (Å²) in [5.41, 5.74) is 1.15. The molecule has 2 N–H and O–H groups in total. The van der Waals surface area contributed by atoms with Gasteiger partial charge < -0.3 is 10.2 Å². The molecule has 1 heterocycles. The van der Waals surface area contributed by atoms with Crippen molar-refractivity contribution in [3.05, 3.63) is 23.6 Å². The minimum absolute atomic E-state index is 0.00583. The van der Waals surface area contributed by atoms with E-state index >= 15 is 0 Å². The zero-order valence-corrected chi connectivity index (χ0v) is 13.8. The van der Waals surface area contributed by atoms with Crippen molar-refractivity contribution in [1.29, 1.82) is 0 Å². The van der Waals surface area contributed by atoms with E-state index in [9.17, 15) is 15.0 Å². The van der Waals surface area contributed by atoms with Crippen LogP contribution in [-0.2, 0) is 4.79 Å². The molecular weight excluding hydrogens is 312 g/mol. The van der Waals surface area contributed by atoms with Crippen LogP contribution in [0, 0.1) is 5.92 Å². The van der Waals surface area contributed by atoms with Crippen LogP contribution in [0.25, 0.3) is 11.3 Å². The van der Waals surface area contributed by atoms with Crippen LogP contribution in [0.4, 0.5) is 5.13 Å². The molecule has 0 aliphatic heterocycles. The maximum atomic E-state index is 12.6. The average Bonchev–Trinajstić information content (AvgIpc) is 3.04. The predicted octanol–water partition coefficient (Wildman–Crippen LogP) is 3.76. The van der Waals surface area contributed by atoms with Crippen molar-refractivity contribution in [2.24, 2.45) is 5.92 Å². The van der Waals surface area contributed by atoms with Crippen LogP contribution in [-0.4, -0.2) is 28.2 Å². The van der Waals surface area contributed by atoms with Crippen LogP contribution in [0.3, 0.4) is 0 Å². The first-order chi connectivity index (χ1) is 11.1. The normalized spacial score (nSPS) is 15.5. The highest BCUT2D eigenvalue weighted by Gasteiger charge is 2.26. The van der Waals surface area contributed by atoms with Crippen molar-refractivity contribution in [2.45, 2.75) is 32.1 Å². The largest absolute Gasteiger partial charge is 0.508 e. The van der Waals surface area contributed by atoms with E-state index < -0.39 is 0 Å². The van der Waals surface area contributed by atoms with Crippen LogP contribution in [0.2, 0.25) is 0 Å². The molecule has 1 fully saturated rings. The zero-order valence-electron chi connectivity index (χ0n) is 13.0. The minimum atomic E-state index is -0.0249. The topological polar surface area (TPSA) is 73.7 Å². The number of nitrogens with zero attached hydrogens (tertiary/aromatic N) is 2. The molecule has 1 aliphatic rings. The van der Waals surface area contributed by atoms with Crippen molar-refractivity contribution in [2.75, 3.05) is 11.9 Å². The molecule has 0 radical (unpaired) electrons. The maximum absolute atomic E-state index is 12.6. The molecule has 0 atom stereocenters. The summed E-state index contributed by atoms with van der Waals surface area (Å²) in [4.78, 5) is 18.7. The van der Waals surface area contributed by atoms with Gasteiger partial charge in [0.25, 0.3) is 0 Å². The smallest absolute Gasteiger partial charge is 0.231 e. The van der Waals surface area contributed by atoms with Gasteiger partial charge in [-0.2, -0.15) is 0 Å². The van der Waals surface area contributed by atoms with Gasteiger partial charge >= 0.3 is 0 Å². The molecule has 0 spiro atoms. The average molecular weight is 332 g/mol. The van der Waals surface area contributed by atoms with Crippen LogP contribution in [0.5, 0.6) is 11.5 Å². The maximum Gasteiger partial charge on any atom is 0.231 e. The summed E-state index contributed by atoms with van der Waals surface area (Å²) >= 11 is 1.38. The van der Waals surface area contributed by atoms with E-state index in [-0.39, 0.29) is 23.3 Å². The number of phenols is 2. The Morgan fingerprint density at radius 3 is 2.70 bits per heavy atom. The number of anilines is 1. The summed E-state index contributed by atoms with van der Waals surface area (Å²) in [7, 11) is 1.76. The summed E-state index contributed by atoms with van der Waals surface area (Å²) in [6, 6.07) is 4.41. The number of carbonyl (C=O) groups is 1. The van der Waals surface area contributed by atoms with Gasteiger partial charge in [-0.15, -0.1) is 11.3 Å². The molecule has 0 bridgehead atoms. The second kappa shape index (κ2) is 6.58. The number of thiazole rings is 1. The highest BCUT2D eigenvalue weighted by Crippen LogP contribution is 2.35. The Bertz CT molecular complexity index is 708. The van der Waals surface area contributed by atoms with Gasteiger partial charge in [-0.3, -0.25) is 9.69 Å². The quantitative estimate of drug-likeness (QED) is 0.897. The van der Waals surface area contributed by atoms with Gasteiger partial charge in [0.15, 0.2) is 5.13 Å². The molecule has 2 aromatic rings. The van der Waals surface area contributed by atoms with E-state index in [0.717, 1.165) is 25.7 Å². The molecule has 1 aromatic carbocycles. The molecule has 1 amide bonds. The first-order valence-electron chi connectivity index (χ1n) is 7.81. The fourth-order valence-corrected chi connectivity index (χ4v) is 3.79. The van der Waals surface area contributed by atoms with E-state index in [2.05, 4.69) is 4.98 Å². The summed E-state index contributed by atoms with van der Waals surface area (Å²) < 4.78 is 0. The lowest BCUT2D eigenvalue weighted by atomic mass is 9.88. The van der Waals surface area contributed by atoms with Gasteiger partial charge in [0.05, 0.1) is 5.69 Å². The fourth-order valence-electron chi connectivity index (χ4n) is 3.00. The van der Waals surface area contributed by atoms with Gasteiger partial charge in [0, 0.05) is 30.0 Å². The van der Waals surface area contributed by atoms with Crippen molar-refractivity contribution >= 4 is 22.4 Å². The third-order valence-electron chi connectivity index (χ3n) is 4.32. The number of phenolic OH excluding ortho intramolecular Hbond substituents is 2. The highest BCUT2D eigenvalue weighted by atomic mass is 32.1. The summed E-state index contributed by atoms with van der Waals surface area (Å²) in [6.45, 7) is 0. The Labute approximate surface area is 139 Å². The number of hydrogen-bond donors (Lipinski definition) is 2. The molecule has 6 heteroatoms. The molecule has 3 rings (SSSR count). The number of carbonyl (C=O) groups excluding carboxylic acids is 1. The molecule has 1 aromatic heterocycles. The Morgan fingerprint density at radius 2 is 2.00 bits per heavy atom.